The van der Waals surface area contributed by atoms with Crippen LogP contribution >= 0.6 is 0 Å². The van der Waals surface area contributed by atoms with Crippen LogP contribution in [0.3, 0.4) is 0 Å². The minimum atomic E-state index is -0.460. The Hall–Kier alpha value is -0.0800. The number of hydrogen-bond donors (Lipinski definition) is 2. The zero-order valence-electron chi connectivity index (χ0n) is 26.6. The summed E-state index contributed by atoms with van der Waals surface area (Å²) in [4.78, 5) is 0. The molecule has 8 saturated carbocycles. The Bertz CT molecular complexity index is 1010. The smallest absolute Gasteiger partial charge is 0.0739 e. The van der Waals surface area contributed by atoms with E-state index >= 15 is 0 Å². The molecule has 226 valence electrons. The van der Waals surface area contributed by atoms with Crippen molar-refractivity contribution in [2.24, 2.45) is 74.9 Å². The van der Waals surface area contributed by atoms with E-state index in [4.69, 9.17) is 0 Å². The zero-order chi connectivity index (χ0) is 27.7. The lowest BCUT2D eigenvalue weighted by molar-refractivity contribution is -0.255. The Morgan fingerprint density at radius 2 is 1.20 bits per heavy atom. The third-order valence-electron chi connectivity index (χ3n) is 17.9. The lowest BCUT2D eigenvalue weighted by Gasteiger charge is -2.68. The van der Waals surface area contributed by atoms with Crippen LogP contribution in [0.15, 0.2) is 0 Å². The third-order valence-corrected chi connectivity index (χ3v) is 17.9. The molecule has 8 rings (SSSR count). The lowest BCUT2D eigenvalue weighted by Crippen LogP contribution is -2.67. The maximum absolute atomic E-state index is 13.5. The number of fused-ring (bicyclic) bond motifs is 10. The molecular weight excluding hydrogens is 488 g/mol. The summed E-state index contributed by atoms with van der Waals surface area (Å²) < 4.78 is 0. The molecule has 0 aliphatic heterocycles. The zero-order valence-corrected chi connectivity index (χ0v) is 26.6. The molecule has 0 saturated heterocycles. The predicted octanol–water partition coefficient (Wildman–Crippen LogP) is 9.17. The molecule has 40 heavy (non-hydrogen) atoms. The van der Waals surface area contributed by atoms with Crippen molar-refractivity contribution in [2.75, 3.05) is 0 Å². The highest BCUT2D eigenvalue weighted by atomic mass is 16.3. The second-order valence-corrected chi connectivity index (χ2v) is 18.6. The van der Waals surface area contributed by atoms with Crippen LogP contribution in [0.4, 0.5) is 0 Å². The second-order valence-electron chi connectivity index (χ2n) is 18.6. The van der Waals surface area contributed by atoms with E-state index in [0.717, 1.165) is 66.6 Å². The second kappa shape index (κ2) is 8.99. The van der Waals surface area contributed by atoms with Gasteiger partial charge in [0.05, 0.1) is 11.7 Å². The van der Waals surface area contributed by atoms with Gasteiger partial charge in [-0.1, -0.05) is 40.5 Å². The molecule has 0 bridgehead atoms. The fraction of sp³-hybridized carbons (Fsp3) is 1.00. The van der Waals surface area contributed by atoms with E-state index in [2.05, 4.69) is 27.7 Å². The molecule has 2 heteroatoms. The maximum atomic E-state index is 13.5. The summed E-state index contributed by atoms with van der Waals surface area (Å²) in [5, 5.41) is 24.0. The first-order valence-electron chi connectivity index (χ1n) is 18.4. The molecule has 2 nitrogen and oxygen atoms in total. The summed E-state index contributed by atoms with van der Waals surface area (Å²) in [6, 6.07) is 0. The first kappa shape index (κ1) is 27.5. The average Bonchev–Trinajstić information content (AvgIpc) is 3.50. The Morgan fingerprint density at radius 1 is 0.525 bits per heavy atom. The van der Waals surface area contributed by atoms with Gasteiger partial charge in [0.15, 0.2) is 0 Å². The van der Waals surface area contributed by atoms with Gasteiger partial charge in [-0.05, 0) is 179 Å². The molecule has 8 fully saturated rings. The SMILES string of the molecule is C[C@@]12CCC[C@H]1[C@@H]1CCC3CCCC(O)(C4CC[C@H]5[C@@H]6CCC7CC(O)CC[C@]7(C)[C@@H]6CC[C@]45C)[C@]3(C)[C@@H]1CC2. The van der Waals surface area contributed by atoms with Crippen molar-refractivity contribution in [3.05, 3.63) is 0 Å². The Morgan fingerprint density at radius 3 is 2.02 bits per heavy atom. The Balaban J connectivity index is 1.12. The standard InChI is InChI=1S/C38H62O2/c1-34-18-6-8-29(34)27-11-9-24-7-5-19-38(40,37(24,4)32(27)16-20-34)33-14-13-30-28-12-10-25-23-26(39)15-21-35(25,2)31(28)17-22-36(30,33)3/h24-33,39-40H,5-23H2,1-4H3/t24?,25?,26?,27-,28-,29-,30-,31+,32+,33?,34-,35-,36-,37-,38?/m0/s1. The highest BCUT2D eigenvalue weighted by Crippen LogP contribution is 2.74. The topological polar surface area (TPSA) is 40.5 Å². The maximum Gasteiger partial charge on any atom is 0.0739 e. The molecule has 8 aliphatic carbocycles. The van der Waals surface area contributed by atoms with Crippen LogP contribution in [-0.4, -0.2) is 21.9 Å². The van der Waals surface area contributed by atoms with Crippen LogP contribution in [0.2, 0.25) is 0 Å². The number of aliphatic hydroxyl groups excluding tert-OH is 1. The van der Waals surface area contributed by atoms with E-state index in [1.54, 1.807) is 0 Å². The quantitative estimate of drug-likeness (QED) is 0.342. The van der Waals surface area contributed by atoms with Gasteiger partial charge in [-0.2, -0.15) is 0 Å². The molecule has 0 heterocycles. The normalized spacial score (nSPS) is 62.9. The van der Waals surface area contributed by atoms with E-state index in [1.807, 2.05) is 0 Å². The van der Waals surface area contributed by atoms with E-state index < -0.39 is 5.60 Å². The van der Waals surface area contributed by atoms with E-state index in [0.29, 0.717) is 22.2 Å². The fourth-order valence-electron chi connectivity index (χ4n) is 16.0. The lowest BCUT2D eigenvalue weighted by atomic mass is 9.38. The monoisotopic (exact) mass is 550 g/mol. The summed E-state index contributed by atoms with van der Waals surface area (Å²) >= 11 is 0. The molecule has 0 aromatic heterocycles. The number of hydrogen-bond acceptors (Lipinski definition) is 2. The van der Waals surface area contributed by atoms with Gasteiger partial charge in [0.25, 0.3) is 0 Å². The average molecular weight is 551 g/mol. The minimum absolute atomic E-state index is 0.0465. The summed E-state index contributed by atoms with van der Waals surface area (Å²) in [5.74, 6) is 7.11. The van der Waals surface area contributed by atoms with Crippen LogP contribution in [-0.2, 0) is 0 Å². The van der Waals surface area contributed by atoms with Gasteiger partial charge in [-0.15, -0.1) is 0 Å². The summed E-state index contributed by atoms with van der Waals surface area (Å²) in [7, 11) is 0. The van der Waals surface area contributed by atoms with Crippen molar-refractivity contribution >= 4 is 0 Å². The van der Waals surface area contributed by atoms with Crippen LogP contribution in [0.1, 0.15) is 150 Å². The van der Waals surface area contributed by atoms with Crippen LogP contribution < -0.4 is 0 Å². The van der Waals surface area contributed by atoms with Crippen molar-refractivity contribution in [3.63, 3.8) is 0 Å². The van der Waals surface area contributed by atoms with Gasteiger partial charge in [0.2, 0.25) is 0 Å². The van der Waals surface area contributed by atoms with Crippen molar-refractivity contribution in [2.45, 2.75) is 161 Å². The molecule has 0 radical (unpaired) electrons. The van der Waals surface area contributed by atoms with Gasteiger partial charge < -0.3 is 10.2 Å². The van der Waals surface area contributed by atoms with E-state index in [-0.39, 0.29) is 11.5 Å². The molecule has 8 aliphatic rings. The third kappa shape index (κ3) is 3.37. The molecule has 5 unspecified atom stereocenters. The largest absolute Gasteiger partial charge is 0.393 e. The Labute approximate surface area is 246 Å². The first-order valence-corrected chi connectivity index (χ1v) is 18.4. The Kier molecular flexibility index (Phi) is 6.17. The molecule has 0 aromatic rings. The number of aliphatic hydroxyl groups is 2. The van der Waals surface area contributed by atoms with Gasteiger partial charge in [0.1, 0.15) is 0 Å². The van der Waals surface area contributed by atoms with Crippen molar-refractivity contribution in [1.82, 2.24) is 0 Å². The molecular formula is C38H62O2. The van der Waals surface area contributed by atoms with Crippen LogP contribution in [0.25, 0.3) is 0 Å². The highest BCUT2D eigenvalue weighted by molar-refractivity contribution is 5.20. The predicted molar refractivity (Wildman–Crippen MR) is 163 cm³/mol. The summed E-state index contributed by atoms with van der Waals surface area (Å²) in [5.41, 5.74) is 1.04. The van der Waals surface area contributed by atoms with Crippen molar-refractivity contribution < 1.29 is 10.2 Å². The van der Waals surface area contributed by atoms with Gasteiger partial charge >= 0.3 is 0 Å². The molecule has 0 amide bonds. The summed E-state index contributed by atoms with van der Waals surface area (Å²) in [6.07, 6.45) is 25.3. The first-order chi connectivity index (χ1) is 19.0. The van der Waals surface area contributed by atoms with Crippen LogP contribution in [0.5, 0.6) is 0 Å². The molecule has 2 N–H and O–H groups in total. The van der Waals surface area contributed by atoms with Crippen molar-refractivity contribution in [3.8, 4) is 0 Å². The number of rotatable bonds is 1. The van der Waals surface area contributed by atoms with Crippen LogP contribution in [0, 0.1) is 74.9 Å². The molecule has 15 atom stereocenters. The minimum Gasteiger partial charge on any atom is -0.393 e. The van der Waals surface area contributed by atoms with Gasteiger partial charge in [-0.3, -0.25) is 0 Å². The van der Waals surface area contributed by atoms with Crippen molar-refractivity contribution in [1.29, 1.82) is 0 Å². The molecule has 0 aromatic carbocycles. The van der Waals surface area contributed by atoms with E-state index in [9.17, 15) is 10.2 Å². The van der Waals surface area contributed by atoms with Gasteiger partial charge in [-0.25, -0.2) is 0 Å². The van der Waals surface area contributed by atoms with Gasteiger partial charge in [0, 0.05) is 5.41 Å². The fourth-order valence-corrected chi connectivity index (χ4v) is 16.0. The molecule has 0 spiro atoms. The summed E-state index contributed by atoms with van der Waals surface area (Å²) in [6.45, 7) is 10.7. The van der Waals surface area contributed by atoms with E-state index in [1.165, 1.54) is 103 Å². The highest BCUT2D eigenvalue weighted by Gasteiger charge is 2.71.